The number of fused-ring (bicyclic) bond motifs is 1. The van der Waals surface area contributed by atoms with Gasteiger partial charge in [0.25, 0.3) is 0 Å². The minimum atomic E-state index is 0.844. The average molecular weight is 371 g/mol. The summed E-state index contributed by atoms with van der Waals surface area (Å²) in [6.07, 6.45) is 0. The molecule has 26 heavy (non-hydrogen) atoms. The molecule has 0 unspecified atom stereocenters. The quantitative estimate of drug-likeness (QED) is 0.746. The van der Waals surface area contributed by atoms with E-state index in [9.17, 15) is 0 Å². The number of hydrogen-bond donors (Lipinski definition) is 1. The first kappa shape index (κ1) is 17.3. The number of rotatable bonds is 5. The molecule has 1 aliphatic rings. The number of hydrogen-bond acceptors (Lipinski definition) is 4. The number of piperazine rings is 1. The van der Waals surface area contributed by atoms with Crippen LogP contribution in [0.1, 0.15) is 11.4 Å². The normalized spacial score (nSPS) is 16.2. The van der Waals surface area contributed by atoms with Gasteiger partial charge >= 0.3 is 0 Å². The second-order valence-electron chi connectivity index (χ2n) is 6.71. The smallest absolute Gasteiger partial charge is 0.121 e. The molecule has 0 atom stereocenters. The lowest BCUT2D eigenvalue weighted by atomic mass is 10.2. The maximum Gasteiger partial charge on any atom is 0.121 e. The van der Waals surface area contributed by atoms with Crippen molar-refractivity contribution < 1.29 is 4.74 Å². The third kappa shape index (κ3) is 3.85. The SMILES string of the molecule is COc1ccc2nc(CN3CCN(Cc4ccccc4Cl)CC3)[nH]c2c1. The van der Waals surface area contributed by atoms with Gasteiger partial charge in [0.15, 0.2) is 0 Å². The van der Waals surface area contributed by atoms with Crippen molar-refractivity contribution in [3.05, 3.63) is 58.9 Å². The number of methoxy groups -OCH3 is 1. The Morgan fingerprint density at radius 1 is 1.04 bits per heavy atom. The number of imidazole rings is 1. The van der Waals surface area contributed by atoms with Crippen LogP contribution in [0.15, 0.2) is 42.5 Å². The van der Waals surface area contributed by atoms with Crippen LogP contribution in [-0.4, -0.2) is 53.1 Å². The molecule has 5 nitrogen and oxygen atoms in total. The highest BCUT2D eigenvalue weighted by Gasteiger charge is 2.19. The van der Waals surface area contributed by atoms with E-state index in [0.717, 1.165) is 66.9 Å². The van der Waals surface area contributed by atoms with E-state index in [1.54, 1.807) is 7.11 Å². The van der Waals surface area contributed by atoms with E-state index in [-0.39, 0.29) is 0 Å². The van der Waals surface area contributed by atoms with Gasteiger partial charge in [0.2, 0.25) is 0 Å². The Balaban J connectivity index is 1.34. The summed E-state index contributed by atoms with van der Waals surface area (Å²) < 4.78 is 5.28. The summed E-state index contributed by atoms with van der Waals surface area (Å²) in [7, 11) is 1.68. The Morgan fingerprint density at radius 3 is 2.50 bits per heavy atom. The maximum atomic E-state index is 6.28. The van der Waals surface area contributed by atoms with Crippen LogP contribution < -0.4 is 4.74 Å². The van der Waals surface area contributed by atoms with Crippen molar-refractivity contribution >= 4 is 22.6 Å². The molecule has 1 aromatic heterocycles. The molecule has 1 N–H and O–H groups in total. The van der Waals surface area contributed by atoms with Crippen molar-refractivity contribution in [2.24, 2.45) is 0 Å². The van der Waals surface area contributed by atoms with Crippen molar-refractivity contribution in [3.8, 4) is 5.75 Å². The van der Waals surface area contributed by atoms with E-state index in [2.05, 4.69) is 20.9 Å². The summed E-state index contributed by atoms with van der Waals surface area (Å²) in [4.78, 5) is 13.0. The Hall–Kier alpha value is -2.08. The fourth-order valence-corrected chi connectivity index (χ4v) is 3.62. The summed E-state index contributed by atoms with van der Waals surface area (Å²) in [6.45, 7) is 5.91. The molecule has 1 fully saturated rings. The van der Waals surface area contributed by atoms with Crippen LogP contribution >= 0.6 is 11.6 Å². The van der Waals surface area contributed by atoms with Gasteiger partial charge in [-0.3, -0.25) is 9.80 Å². The molecule has 1 saturated heterocycles. The lowest BCUT2D eigenvalue weighted by molar-refractivity contribution is 0.120. The zero-order valence-electron chi connectivity index (χ0n) is 14.9. The van der Waals surface area contributed by atoms with Crippen LogP contribution in [0.3, 0.4) is 0 Å². The van der Waals surface area contributed by atoms with Crippen molar-refractivity contribution in [1.29, 1.82) is 0 Å². The van der Waals surface area contributed by atoms with Gasteiger partial charge < -0.3 is 9.72 Å². The molecular weight excluding hydrogens is 348 g/mol. The number of nitrogens with zero attached hydrogens (tertiary/aromatic N) is 3. The molecule has 0 radical (unpaired) electrons. The molecule has 4 rings (SSSR count). The first-order chi connectivity index (χ1) is 12.7. The second-order valence-corrected chi connectivity index (χ2v) is 7.12. The monoisotopic (exact) mass is 370 g/mol. The van der Waals surface area contributed by atoms with E-state index in [1.807, 2.05) is 36.4 Å². The highest BCUT2D eigenvalue weighted by Crippen LogP contribution is 2.20. The Morgan fingerprint density at radius 2 is 1.77 bits per heavy atom. The fraction of sp³-hybridized carbons (Fsp3) is 0.350. The standard InChI is InChI=1S/C20H23ClN4O/c1-26-16-6-7-18-19(12-16)23-20(22-18)14-25-10-8-24(9-11-25)13-15-4-2-3-5-17(15)21/h2-7,12H,8-11,13-14H2,1H3,(H,22,23). The Bertz CT molecular complexity index is 886. The topological polar surface area (TPSA) is 44.4 Å². The van der Waals surface area contributed by atoms with Gasteiger partial charge in [0.1, 0.15) is 11.6 Å². The minimum Gasteiger partial charge on any atom is -0.497 e. The predicted molar refractivity (Wildman–Crippen MR) is 105 cm³/mol. The molecule has 0 aliphatic carbocycles. The molecule has 1 aliphatic heterocycles. The fourth-order valence-electron chi connectivity index (χ4n) is 3.43. The number of H-pyrrole nitrogens is 1. The molecule has 136 valence electrons. The van der Waals surface area contributed by atoms with Gasteiger partial charge in [-0.1, -0.05) is 29.8 Å². The maximum absolute atomic E-state index is 6.28. The third-order valence-electron chi connectivity index (χ3n) is 4.93. The molecule has 0 amide bonds. The number of aromatic nitrogens is 2. The van der Waals surface area contributed by atoms with Crippen LogP contribution in [0.2, 0.25) is 5.02 Å². The summed E-state index contributed by atoms with van der Waals surface area (Å²) in [5.74, 6) is 1.86. The highest BCUT2D eigenvalue weighted by atomic mass is 35.5. The highest BCUT2D eigenvalue weighted by molar-refractivity contribution is 6.31. The van der Waals surface area contributed by atoms with Crippen molar-refractivity contribution in [2.75, 3.05) is 33.3 Å². The molecule has 6 heteroatoms. The summed E-state index contributed by atoms with van der Waals surface area (Å²) in [5, 5.41) is 0.854. The minimum absolute atomic E-state index is 0.844. The summed E-state index contributed by atoms with van der Waals surface area (Å²) in [5.41, 5.74) is 3.21. The number of nitrogens with one attached hydrogen (secondary N) is 1. The van der Waals surface area contributed by atoms with E-state index in [1.165, 1.54) is 5.56 Å². The van der Waals surface area contributed by atoms with Crippen LogP contribution in [0.25, 0.3) is 11.0 Å². The lowest BCUT2D eigenvalue weighted by Gasteiger charge is -2.34. The van der Waals surface area contributed by atoms with Crippen molar-refractivity contribution in [2.45, 2.75) is 13.1 Å². The van der Waals surface area contributed by atoms with E-state index in [4.69, 9.17) is 21.3 Å². The lowest BCUT2D eigenvalue weighted by Crippen LogP contribution is -2.45. The third-order valence-corrected chi connectivity index (χ3v) is 5.30. The zero-order valence-corrected chi connectivity index (χ0v) is 15.7. The van der Waals surface area contributed by atoms with Gasteiger partial charge in [-0.25, -0.2) is 4.98 Å². The van der Waals surface area contributed by atoms with Gasteiger partial charge in [-0.2, -0.15) is 0 Å². The van der Waals surface area contributed by atoms with Crippen LogP contribution in [0, 0.1) is 0 Å². The molecule has 0 saturated carbocycles. The largest absolute Gasteiger partial charge is 0.497 e. The molecule has 2 aromatic carbocycles. The van der Waals surface area contributed by atoms with E-state index in [0.29, 0.717) is 0 Å². The number of benzene rings is 2. The van der Waals surface area contributed by atoms with Gasteiger partial charge in [0.05, 0.1) is 24.7 Å². The van der Waals surface area contributed by atoms with Gasteiger partial charge in [-0.05, 0) is 23.8 Å². The van der Waals surface area contributed by atoms with E-state index >= 15 is 0 Å². The second kappa shape index (κ2) is 7.66. The Labute approximate surface area is 158 Å². The predicted octanol–water partition coefficient (Wildman–Crippen LogP) is 3.54. The number of halogens is 1. The number of aromatic amines is 1. The zero-order chi connectivity index (χ0) is 17.9. The van der Waals surface area contributed by atoms with Crippen molar-refractivity contribution in [1.82, 2.24) is 19.8 Å². The first-order valence-corrected chi connectivity index (χ1v) is 9.30. The van der Waals surface area contributed by atoms with Gasteiger partial charge in [0, 0.05) is 43.8 Å². The van der Waals surface area contributed by atoms with E-state index < -0.39 is 0 Å². The molecule has 2 heterocycles. The molecular formula is C20H23ClN4O. The molecule has 0 bridgehead atoms. The van der Waals surface area contributed by atoms with Gasteiger partial charge in [-0.15, -0.1) is 0 Å². The summed E-state index contributed by atoms with van der Waals surface area (Å²) in [6, 6.07) is 14.0. The Kier molecular flexibility index (Phi) is 5.11. The van der Waals surface area contributed by atoms with Crippen LogP contribution in [-0.2, 0) is 13.1 Å². The van der Waals surface area contributed by atoms with Crippen LogP contribution in [0.5, 0.6) is 5.75 Å². The average Bonchev–Trinajstić information content (AvgIpc) is 3.06. The van der Waals surface area contributed by atoms with Crippen LogP contribution in [0.4, 0.5) is 0 Å². The first-order valence-electron chi connectivity index (χ1n) is 8.92. The van der Waals surface area contributed by atoms with Crippen molar-refractivity contribution in [3.63, 3.8) is 0 Å². The molecule has 0 spiro atoms. The number of ether oxygens (including phenoxy) is 1. The molecule has 3 aromatic rings. The summed E-state index contributed by atoms with van der Waals surface area (Å²) >= 11 is 6.28.